The minimum absolute atomic E-state index is 0.760. The molecule has 0 rings (SSSR count). The summed E-state index contributed by atoms with van der Waals surface area (Å²) in [7, 11) is -5.84. The van der Waals surface area contributed by atoms with Crippen molar-refractivity contribution in [2.24, 2.45) is 0 Å². The Morgan fingerprint density at radius 3 is 1.30 bits per heavy atom. The molecular weight excluding hydrogens is 295 g/mol. The lowest BCUT2D eigenvalue weighted by Gasteiger charge is -2.31. The zero-order valence-electron chi connectivity index (χ0n) is 11.0. The molecule has 0 bridgehead atoms. The maximum Gasteiger partial charge on any atom is 0.522 e. The van der Waals surface area contributed by atoms with E-state index >= 15 is 0 Å². The monoisotopic (exact) mass is 314 g/mol. The van der Waals surface area contributed by atoms with Crippen LogP contribution in [0.1, 0.15) is 0 Å². The first-order chi connectivity index (χ1) is 8.99. The van der Waals surface area contributed by atoms with Gasteiger partial charge in [-0.15, -0.1) is 0 Å². The third kappa shape index (κ3) is 7.93. The summed E-state index contributed by atoms with van der Waals surface area (Å²) in [5.74, 6) is 0. The molecule has 0 aromatic carbocycles. The zero-order chi connectivity index (χ0) is 16.4. The van der Waals surface area contributed by atoms with Crippen LogP contribution in [0, 0.1) is 0 Å². The van der Waals surface area contributed by atoms with Crippen molar-refractivity contribution in [1.82, 2.24) is 0 Å². The second kappa shape index (κ2) is 8.72. The number of hydrogen-bond acceptors (Lipinski definition) is 2. The van der Waals surface area contributed by atoms with E-state index in [-0.39, 0.29) is 0 Å². The van der Waals surface area contributed by atoms with Crippen LogP contribution in [-0.2, 0) is 10.1 Å². The second-order valence-corrected chi connectivity index (χ2v) is 5.15. The third-order valence-electron chi connectivity index (χ3n) is 2.16. The third-order valence-corrected chi connectivity index (χ3v) is 2.74. The Morgan fingerprint density at radius 1 is 0.950 bits per heavy atom. The standard InChI is InChI=1S/C11H18N.CHF3O3S/c1-5-9-12(8-4,10-6-2)11-7-3;2-1(3,4)8(5,6)7/h5-8H,1-4,9-11H2;(H,5,6,7)/q+1;. The maximum atomic E-state index is 10.7. The van der Waals surface area contributed by atoms with Crippen molar-refractivity contribution in [3.63, 3.8) is 0 Å². The SMILES string of the molecule is C=CC[N+](C=C)(CC=C)CC=C.O=S(=O)(O)C(F)(F)F. The van der Waals surface area contributed by atoms with Crippen LogP contribution in [0.5, 0.6) is 0 Å². The molecule has 0 aromatic rings. The van der Waals surface area contributed by atoms with Crippen molar-refractivity contribution in [2.75, 3.05) is 19.6 Å². The molecular formula is C12H19F3NO3S+. The summed E-state index contributed by atoms with van der Waals surface area (Å²) in [5, 5.41) is 0. The van der Waals surface area contributed by atoms with Crippen molar-refractivity contribution in [2.45, 2.75) is 5.51 Å². The van der Waals surface area contributed by atoms with Gasteiger partial charge in [0.1, 0.15) is 19.6 Å². The Kier molecular flexibility index (Phi) is 9.13. The number of alkyl halides is 3. The molecule has 0 aromatic heterocycles. The minimum atomic E-state index is -5.84. The first-order valence-corrected chi connectivity index (χ1v) is 6.79. The van der Waals surface area contributed by atoms with E-state index in [2.05, 4.69) is 26.3 Å². The van der Waals surface area contributed by atoms with E-state index in [1.807, 2.05) is 24.4 Å². The average molecular weight is 314 g/mol. The van der Waals surface area contributed by atoms with Crippen molar-refractivity contribution in [3.05, 3.63) is 50.7 Å². The molecule has 0 saturated carbocycles. The van der Waals surface area contributed by atoms with Gasteiger partial charge in [0.05, 0.1) is 6.20 Å². The second-order valence-electron chi connectivity index (χ2n) is 3.74. The van der Waals surface area contributed by atoms with E-state index < -0.39 is 15.6 Å². The van der Waals surface area contributed by atoms with Gasteiger partial charge in [-0.1, -0.05) is 19.7 Å². The number of halogens is 3. The van der Waals surface area contributed by atoms with Crippen LogP contribution in [0.3, 0.4) is 0 Å². The van der Waals surface area contributed by atoms with Gasteiger partial charge in [-0.2, -0.15) is 21.6 Å². The Balaban J connectivity index is 0. The lowest BCUT2D eigenvalue weighted by atomic mass is 10.3. The molecule has 0 spiro atoms. The highest BCUT2D eigenvalue weighted by Gasteiger charge is 2.44. The van der Waals surface area contributed by atoms with Crippen LogP contribution in [-0.4, -0.2) is 42.6 Å². The van der Waals surface area contributed by atoms with Gasteiger partial charge in [0.15, 0.2) is 0 Å². The Labute approximate surface area is 117 Å². The molecule has 0 amide bonds. The highest BCUT2D eigenvalue weighted by Crippen LogP contribution is 2.20. The molecule has 0 aliphatic rings. The summed E-state index contributed by atoms with van der Waals surface area (Å²) in [6, 6.07) is 0. The highest BCUT2D eigenvalue weighted by molar-refractivity contribution is 7.86. The van der Waals surface area contributed by atoms with Crippen LogP contribution in [0.15, 0.2) is 50.7 Å². The predicted molar refractivity (Wildman–Crippen MR) is 73.3 cm³/mol. The number of rotatable bonds is 7. The van der Waals surface area contributed by atoms with Gasteiger partial charge in [0, 0.05) is 0 Å². The minimum Gasteiger partial charge on any atom is -0.288 e. The lowest BCUT2D eigenvalue weighted by Crippen LogP contribution is -2.42. The number of quaternary nitrogens is 1. The van der Waals surface area contributed by atoms with Crippen LogP contribution >= 0.6 is 0 Å². The fourth-order valence-electron chi connectivity index (χ4n) is 1.22. The quantitative estimate of drug-likeness (QED) is 0.340. The molecule has 0 radical (unpaired) electrons. The normalized spacial score (nSPS) is 11.8. The summed E-state index contributed by atoms with van der Waals surface area (Å²) in [6.07, 6.45) is 7.61. The smallest absolute Gasteiger partial charge is 0.288 e. The van der Waals surface area contributed by atoms with E-state index in [9.17, 15) is 13.2 Å². The van der Waals surface area contributed by atoms with Gasteiger partial charge < -0.3 is 0 Å². The summed E-state index contributed by atoms with van der Waals surface area (Å²) in [4.78, 5) is 0. The van der Waals surface area contributed by atoms with Crippen LogP contribution in [0.4, 0.5) is 13.2 Å². The van der Waals surface area contributed by atoms with Crippen molar-refractivity contribution >= 4 is 10.1 Å². The molecule has 0 heterocycles. The summed E-state index contributed by atoms with van der Waals surface area (Å²) in [6.45, 7) is 17.6. The molecule has 0 aliphatic heterocycles. The fraction of sp³-hybridized carbons (Fsp3) is 0.333. The predicted octanol–water partition coefficient (Wildman–Crippen LogP) is 2.90. The molecule has 0 atom stereocenters. The van der Waals surface area contributed by atoms with Gasteiger partial charge in [-0.05, 0) is 24.8 Å². The zero-order valence-corrected chi connectivity index (χ0v) is 11.8. The molecule has 8 heteroatoms. The van der Waals surface area contributed by atoms with Crippen LogP contribution in [0.2, 0.25) is 0 Å². The summed E-state index contributed by atoms with van der Waals surface area (Å²) < 4.78 is 58.3. The van der Waals surface area contributed by atoms with Crippen LogP contribution < -0.4 is 0 Å². The molecule has 0 fully saturated rings. The van der Waals surface area contributed by atoms with Crippen molar-refractivity contribution in [3.8, 4) is 0 Å². The van der Waals surface area contributed by atoms with Crippen LogP contribution in [0.25, 0.3) is 0 Å². The van der Waals surface area contributed by atoms with Gasteiger partial charge in [0.2, 0.25) is 0 Å². The van der Waals surface area contributed by atoms with Gasteiger partial charge in [-0.3, -0.25) is 9.04 Å². The number of hydrogen-bond donors (Lipinski definition) is 1. The van der Waals surface area contributed by atoms with Crippen molar-refractivity contribution < 1.29 is 30.6 Å². The van der Waals surface area contributed by atoms with Crippen molar-refractivity contribution in [1.29, 1.82) is 0 Å². The van der Waals surface area contributed by atoms with E-state index in [0.29, 0.717) is 0 Å². The molecule has 116 valence electrons. The first-order valence-electron chi connectivity index (χ1n) is 5.35. The maximum absolute atomic E-state index is 10.7. The van der Waals surface area contributed by atoms with E-state index in [4.69, 9.17) is 13.0 Å². The fourth-order valence-corrected chi connectivity index (χ4v) is 1.22. The largest absolute Gasteiger partial charge is 0.522 e. The molecule has 0 saturated heterocycles. The molecule has 4 nitrogen and oxygen atoms in total. The average Bonchev–Trinajstić information content (AvgIpc) is 2.28. The van der Waals surface area contributed by atoms with E-state index in [1.165, 1.54) is 0 Å². The molecule has 20 heavy (non-hydrogen) atoms. The first kappa shape index (κ1) is 20.9. The van der Waals surface area contributed by atoms with Gasteiger partial charge >= 0.3 is 15.6 Å². The summed E-state index contributed by atoms with van der Waals surface area (Å²) in [5.41, 5.74) is -5.53. The van der Waals surface area contributed by atoms with E-state index in [1.54, 1.807) is 0 Å². The summed E-state index contributed by atoms with van der Waals surface area (Å²) >= 11 is 0. The molecule has 0 unspecified atom stereocenters. The number of nitrogens with zero attached hydrogens (tertiary/aromatic N) is 1. The lowest BCUT2D eigenvalue weighted by molar-refractivity contribution is -0.861. The molecule has 0 aliphatic carbocycles. The van der Waals surface area contributed by atoms with E-state index in [0.717, 1.165) is 24.1 Å². The molecule has 1 N–H and O–H groups in total. The van der Waals surface area contributed by atoms with Gasteiger partial charge in [0.25, 0.3) is 0 Å². The Hall–Kier alpha value is -1.38. The highest BCUT2D eigenvalue weighted by atomic mass is 32.2. The Bertz CT molecular complexity index is 415. The van der Waals surface area contributed by atoms with Gasteiger partial charge in [-0.25, -0.2) is 0 Å². The Morgan fingerprint density at radius 2 is 1.20 bits per heavy atom. The topological polar surface area (TPSA) is 54.4 Å².